The summed E-state index contributed by atoms with van der Waals surface area (Å²) in [5, 5.41) is 2.15. The van der Waals surface area contributed by atoms with Crippen molar-refractivity contribution in [3.8, 4) is 0 Å². The molecular weight excluding hydrogens is 168 g/mol. The second kappa shape index (κ2) is 3.00. The van der Waals surface area contributed by atoms with Crippen LogP contribution in [0.3, 0.4) is 0 Å². The minimum absolute atomic E-state index is 0.0845. The van der Waals surface area contributed by atoms with E-state index >= 15 is 0 Å². The average molecular weight is 175 g/mol. The number of imide groups is 1. The molecule has 3 amide bonds. The zero-order valence-electron chi connectivity index (χ0n) is 5.93. The van der Waals surface area contributed by atoms with Crippen LogP contribution in [0, 0.1) is 5.92 Å². The van der Waals surface area contributed by atoms with E-state index in [0.29, 0.717) is 6.42 Å². The Morgan fingerprint density at radius 3 is 2.73 bits per heavy atom. The van der Waals surface area contributed by atoms with Crippen LogP contribution in [-0.4, -0.2) is 17.1 Å². The van der Waals surface area contributed by atoms with Gasteiger partial charge in [0.05, 0.1) is 5.92 Å². The maximum atomic E-state index is 10.9. The number of nitrogens with zero attached hydrogens (tertiary/aromatic N) is 1. The van der Waals surface area contributed by atoms with Crippen LogP contribution in [0.25, 0.3) is 0 Å². The third kappa shape index (κ3) is 1.57. The molecule has 4 nitrogen and oxygen atoms in total. The van der Waals surface area contributed by atoms with Crippen LogP contribution >= 0.6 is 11.6 Å². The lowest BCUT2D eigenvalue weighted by atomic mass is 10.1. The van der Waals surface area contributed by atoms with Crippen molar-refractivity contribution in [2.75, 3.05) is 0 Å². The van der Waals surface area contributed by atoms with Gasteiger partial charge in [0.2, 0.25) is 5.91 Å². The normalized spacial score (nSPS) is 24.5. The van der Waals surface area contributed by atoms with Crippen LogP contribution in [0.15, 0.2) is 4.99 Å². The van der Waals surface area contributed by atoms with Crippen molar-refractivity contribution >= 4 is 28.7 Å². The van der Waals surface area contributed by atoms with Gasteiger partial charge in [0.15, 0.2) is 0 Å². The van der Waals surface area contributed by atoms with E-state index in [-0.39, 0.29) is 11.1 Å². The highest BCUT2D eigenvalue weighted by molar-refractivity contribution is 6.68. The second-order valence-corrected chi connectivity index (χ2v) is 2.58. The van der Waals surface area contributed by atoms with E-state index in [9.17, 15) is 9.59 Å². The van der Waals surface area contributed by atoms with Crippen LogP contribution < -0.4 is 5.32 Å². The summed E-state index contributed by atoms with van der Waals surface area (Å²) in [6.07, 6.45) is 0.557. The van der Waals surface area contributed by atoms with E-state index in [1.165, 1.54) is 0 Å². The number of amides is 3. The van der Waals surface area contributed by atoms with Crippen LogP contribution in [-0.2, 0) is 4.79 Å². The summed E-state index contributed by atoms with van der Waals surface area (Å²) in [5.74, 6) is -0.813. The Hall–Kier alpha value is -0.900. The largest absolute Gasteiger partial charge is 0.348 e. The molecule has 60 valence electrons. The molecule has 0 aromatic rings. The molecule has 0 aromatic carbocycles. The number of nitrogens with one attached hydrogen (secondary N) is 1. The molecule has 0 aromatic heterocycles. The van der Waals surface area contributed by atoms with Gasteiger partial charge >= 0.3 is 6.03 Å². The number of carbonyl (C=O) groups is 2. The molecule has 0 spiro atoms. The number of aliphatic imine (C=N–C) groups is 1. The van der Waals surface area contributed by atoms with E-state index in [1.54, 1.807) is 6.92 Å². The Kier molecular flexibility index (Phi) is 2.24. The topological polar surface area (TPSA) is 58.5 Å². The lowest BCUT2D eigenvalue weighted by molar-refractivity contribution is -0.122. The number of hydrogen-bond donors (Lipinski definition) is 1. The number of halogens is 1. The number of urea groups is 1. The molecule has 11 heavy (non-hydrogen) atoms. The molecule has 1 heterocycles. The van der Waals surface area contributed by atoms with Gasteiger partial charge in [-0.25, -0.2) is 4.79 Å². The minimum atomic E-state index is -0.676. The number of hydrogen-bond acceptors (Lipinski definition) is 2. The van der Waals surface area contributed by atoms with Crippen LogP contribution in [0.4, 0.5) is 4.79 Å². The highest BCUT2D eigenvalue weighted by atomic mass is 35.5. The monoisotopic (exact) mass is 174 g/mol. The van der Waals surface area contributed by atoms with Crippen molar-refractivity contribution in [3.05, 3.63) is 0 Å². The Balaban J connectivity index is 2.88. The number of rotatable bonds is 1. The Morgan fingerprint density at radius 2 is 2.27 bits per heavy atom. The van der Waals surface area contributed by atoms with Gasteiger partial charge in [0.1, 0.15) is 5.17 Å². The van der Waals surface area contributed by atoms with Crippen molar-refractivity contribution in [1.82, 2.24) is 5.32 Å². The van der Waals surface area contributed by atoms with E-state index in [0.717, 1.165) is 0 Å². The molecule has 0 bridgehead atoms. The summed E-state index contributed by atoms with van der Waals surface area (Å²) < 4.78 is 0. The van der Waals surface area contributed by atoms with Crippen molar-refractivity contribution in [3.63, 3.8) is 0 Å². The molecule has 1 rings (SSSR count). The Labute approximate surface area is 68.6 Å². The van der Waals surface area contributed by atoms with E-state index in [1.807, 2.05) is 0 Å². The molecule has 1 aliphatic heterocycles. The van der Waals surface area contributed by atoms with Gasteiger partial charge in [-0.05, 0) is 6.42 Å². The van der Waals surface area contributed by atoms with E-state index in [2.05, 4.69) is 10.3 Å². The molecule has 0 fully saturated rings. The standard InChI is InChI=1S/C6H7ClN2O2/c1-2-3-4(7)8-6(11)9-5(3)10/h3H,2H2,1H3,(H,9,10,11)/t3-/m1/s1. The lowest BCUT2D eigenvalue weighted by Gasteiger charge is -2.15. The summed E-state index contributed by atoms with van der Waals surface area (Å²) in [4.78, 5) is 24.9. The van der Waals surface area contributed by atoms with Crippen molar-refractivity contribution in [1.29, 1.82) is 0 Å². The fraction of sp³-hybridized carbons (Fsp3) is 0.500. The first kappa shape index (κ1) is 8.20. The third-order valence-electron chi connectivity index (χ3n) is 1.45. The molecular formula is C6H7ClN2O2. The van der Waals surface area contributed by atoms with Gasteiger partial charge in [0, 0.05) is 0 Å². The summed E-state index contributed by atoms with van der Waals surface area (Å²) in [6.45, 7) is 1.80. The van der Waals surface area contributed by atoms with Gasteiger partial charge in [-0.1, -0.05) is 18.5 Å². The zero-order chi connectivity index (χ0) is 8.43. The summed E-state index contributed by atoms with van der Waals surface area (Å²) >= 11 is 5.54. The fourth-order valence-corrected chi connectivity index (χ4v) is 1.19. The summed E-state index contributed by atoms with van der Waals surface area (Å²) in [7, 11) is 0. The predicted octanol–water partition coefficient (Wildman–Crippen LogP) is 0.900. The first-order valence-corrected chi connectivity index (χ1v) is 3.62. The molecule has 0 unspecified atom stereocenters. The molecule has 5 heteroatoms. The van der Waals surface area contributed by atoms with Gasteiger partial charge in [-0.3, -0.25) is 10.1 Å². The summed E-state index contributed by atoms with van der Waals surface area (Å²) in [5.41, 5.74) is 0. The molecule has 1 N–H and O–H groups in total. The molecule has 1 aliphatic rings. The zero-order valence-corrected chi connectivity index (χ0v) is 6.68. The Morgan fingerprint density at radius 1 is 1.64 bits per heavy atom. The van der Waals surface area contributed by atoms with E-state index < -0.39 is 11.9 Å². The molecule has 1 atom stereocenters. The smallest absolute Gasteiger partial charge is 0.276 e. The SMILES string of the molecule is CC[C@H]1C(=O)NC(=O)N=C1Cl. The second-order valence-electron chi connectivity index (χ2n) is 2.19. The maximum absolute atomic E-state index is 10.9. The summed E-state index contributed by atoms with van der Waals surface area (Å²) in [6, 6.07) is -0.676. The maximum Gasteiger partial charge on any atom is 0.348 e. The van der Waals surface area contributed by atoms with Gasteiger partial charge in [-0.2, -0.15) is 4.99 Å². The minimum Gasteiger partial charge on any atom is -0.276 e. The first-order valence-electron chi connectivity index (χ1n) is 3.24. The molecule has 0 saturated heterocycles. The first-order chi connectivity index (χ1) is 5.15. The molecule has 0 radical (unpaired) electrons. The highest BCUT2D eigenvalue weighted by Gasteiger charge is 2.27. The fourth-order valence-electron chi connectivity index (χ4n) is 0.857. The van der Waals surface area contributed by atoms with E-state index in [4.69, 9.17) is 11.6 Å². The molecule has 0 aliphatic carbocycles. The van der Waals surface area contributed by atoms with Crippen LogP contribution in [0.5, 0.6) is 0 Å². The van der Waals surface area contributed by atoms with Gasteiger partial charge in [0.25, 0.3) is 0 Å². The van der Waals surface area contributed by atoms with Crippen molar-refractivity contribution < 1.29 is 9.59 Å². The predicted molar refractivity (Wildman–Crippen MR) is 40.6 cm³/mol. The third-order valence-corrected chi connectivity index (χ3v) is 1.80. The quantitative estimate of drug-likeness (QED) is 0.642. The van der Waals surface area contributed by atoms with Gasteiger partial charge < -0.3 is 0 Å². The highest BCUT2D eigenvalue weighted by Crippen LogP contribution is 2.12. The van der Waals surface area contributed by atoms with Crippen molar-refractivity contribution in [2.45, 2.75) is 13.3 Å². The number of carbonyl (C=O) groups excluding carboxylic acids is 2. The van der Waals surface area contributed by atoms with Gasteiger partial charge in [-0.15, -0.1) is 0 Å². The van der Waals surface area contributed by atoms with Crippen LogP contribution in [0.1, 0.15) is 13.3 Å². The average Bonchev–Trinajstić information content (AvgIpc) is 1.85. The lowest BCUT2D eigenvalue weighted by Crippen LogP contribution is -2.41. The van der Waals surface area contributed by atoms with Crippen molar-refractivity contribution in [2.24, 2.45) is 10.9 Å². The Bertz CT molecular complexity index is 237. The van der Waals surface area contributed by atoms with Crippen LogP contribution in [0.2, 0.25) is 0 Å². The molecule has 0 saturated carbocycles.